The smallest absolute Gasteiger partial charge is 0.271 e. The molecule has 3 nitrogen and oxygen atoms in total. The summed E-state index contributed by atoms with van der Waals surface area (Å²) in [5.74, 6) is -1.05. The largest absolute Gasteiger partial charge is 0.396 e. The highest BCUT2D eigenvalue weighted by Crippen LogP contribution is 2.22. The fourth-order valence-electron chi connectivity index (χ4n) is 0.752. The Morgan fingerprint density at radius 3 is 2.50 bits per heavy atom. The molecular weight excluding hydrogens is 173 g/mol. The lowest BCUT2D eigenvalue weighted by molar-refractivity contribution is 0.150. The van der Waals surface area contributed by atoms with Crippen molar-refractivity contribution in [2.75, 3.05) is 5.73 Å². The molecule has 0 aliphatic rings. The maximum absolute atomic E-state index is 12.5. The Labute approximate surface area is 65.0 Å². The Morgan fingerprint density at radius 2 is 2.08 bits per heavy atom. The van der Waals surface area contributed by atoms with Crippen LogP contribution in [0, 0.1) is 5.82 Å². The van der Waals surface area contributed by atoms with Gasteiger partial charge in [0.15, 0.2) is 5.82 Å². The number of rotatable bonds is 1. The van der Waals surface area contributed by atoms with E-state index in [1.807, 2.05) is 0 Å². The first-order valence-corrected chi connectivity index (χ1v) is 2.98. The molecule has 0 fully saturated rings. The maximum Gasteiger partial charge on any atom is 0.271 e. The number of nitrogens with two attached hydrogens (primary N) is 1. The number of aromatic nitrogens is 1. The van der Waals surface area contributed by atoms with E-state index < -0.39 is 29.1 Å². The first-order chi connectivity index (χ1) is 5.54. The lowest BCUT2D eigenvalue weighted by Crippen LogP contribution is -2.16. The van der Waals surface area contributed by atoms with Crippen molar-refractivity contribution in [1.29, 1.82) is 0 Å². The summed E-state index contributed by atoms with van der Waals surface area (Å²) in [4.78, 5) is 12.5. The molecule has 66 valence electrons. The number of nitrogen functional groups attached to an aromatic ring is 1. The fourth-order valence-corrected chi connectivity index (χ4v) is 0.752. The van der Waals surface area contributed by atoms with E-state index >= 15 is 0 Å². The molecular formula is C6H5F3N2O. The molecule has 0 saturated heterocycles. The highest BCUT2D eigenvalue weighted by Gasteiger charge is 2.18. The van der Waals surface area contributed by atoms with Crippen molar-refractivity contribution in [2.45, 2.75) is 6.43 Å². The van der Waals surface area contributed by atoms with E-state index in [0.29, 0.717) is 6.20 Å². The van der Waals surface area contributed by atoms with Gasteiger partial charge in [-0.2, -0.15) is 0 Å². The predicted molar refractivity (Wildman–Crippen MR) is 36.4 cm³/mol. The average molecular weight is 178 g/mol. The third kappa shape index (κ3) is 1.27. The van der Waals surface area contributed by atoms with Crippen LogP contribution in [0.5, 0.6) is 0 Å². The van der Waals surface area contributed by atoms with Crippen molar-refractivity contribution in [3.05, 3.63) is 27.9 Å². The van der Waals surface area contributed by atoms with Crippen molar-refractivity contribution in [2.24, 2.45) is 0 Å². The highest BCUT2D eigenvalue weighted by atomic mass is 19.3. The molecule has 0 unspecified atom stereocenters. The number of pyridine rings is 1. The highest BCUT2D eigenvalue weighted by molar-refractivity contribution is 5.46. The zero-order valence-corrected chi connectivity index (χ0v) is 5.77. The number of anilines is 1. The van der Waals surface area contributed by atoms with Crippen molar-refractivity contribution in [3.8, 4) is 0 Å². The monoisotopic (exact) mass is 178 g/mol. The molecule has 0 aliphatic carbocycles. The molecule has 0 aromatic carbocycles. The number of aromatic amines is 1. The summed E-state index contributed by atoms with van der Waals surface area (Å²) >= 11 is 0. The zero-order valence-electron chi connectivity index (χ0n) is 5.77. The lowest BCUT2D eigenvalue weighted by Gasteiger charge is -2.02. The van der Waals surface area contributed by atoms with E-state index in [4.69, 9.17) is 5.73 Å². The number of alkyl halides is 2. The van der Waals surface area contributed by atoms with Crippen LogP contribution in [0.25, 0.3) is 0 Å². The molecule has 0 bridgehead atoms. The summed E-state index contributed by atoms with van der Waals surface area (Å²) in [7, 11) is 0. The van der Waals surface area contributed by atoms with Gasteiger partial charge in [0.25, 0.3) is 12.0 Å². The molecule has 1 heterocycles. The zero-order chi connectivity index (χ0) is 9.30. The Bertz CT molecular complexity index is 347. The minimum atomic E-state index is -3.07. The van der Waals surface area contributed by atoms with Gasteiger partial charge in [-0.25, -0.2) is 13.2 Å². The molecule has 0 amide bonds. The Hall–Kier alpha value is -1.46. The van der Waals surface area contributed by atoms with Gasteiger partial charge in [-0.05, 0) is 0 Å². The Morgan fingerprint density at radius 1 is 1.50 bits per heavy atom. The third-order valence-corrected chi connectivity index (χ3v) is 1.34. The van der Waals surface area contributed by atoms with Gasteiger partial charge in [0, 0.05) is 6.20 Å². The second-order valence-corrected chi connectivity index (χ2v) is 2.09. The van der Waals surface area contributed by atoms with Crippen LogP contribution in [-0.4, -0.2) is 4.98 Å². The van der Waals surface area contributed by atoms with Gasteiger partial charge in [0.1, 0.15) is 5.56 Å². The summed E-state index contributed by atoms with van der Waals surface area (Å²) in [5, 5.41) is 0. The summed E-state index contributed by atoms with van der Waals surface area (Å²) in [6, 6.07) is 0. The van der Waals surface area contributed by atoms with E-state index in [1.54, 1.807) is 4.98 Å². The second-order valence-electron chi connectivity index (χ2n) is 2.09. The topological polar surface area (TPSA) is 58.9 Å². The first kappa shape index (κ1) is 8.63. The minimum Gasteiger partial charge on any atom is -0.396 e. The van der Waals surface area contributed by atoms with Crippen molar-refractivity contribution < 1.29 is 13.2 Å². The molecule has 1 aromatic rings. The van der Waals surface area contributed by atoms with E-state index in [-0.39, 0.29) is 0 Å². The Kier molecular flexibility index (Phi) is 2.07. The molecule has 0 spiro atoms. The summed E-state index contributed by atoms with van der Waals surface area (Å²) < 4.78 is 36.5. The van der Waals surface area contributed by atoms with E-state index in [0.717, 1.165) is 0 Å². The molecule has 1 rings (SSSR count). The van der Waals surface area contributed by atoms with Gasteiger partial charge in [-0.1, -0.05) is 0 Å². The van der Waals surface area contributed by atoms with Gasteiger partial charge >= 0.3 is 0 Å². The van der Waals surface area contributed by atoms with E-state index in [1.165, 1.54) is 0 Å². The normalized spacial score (nSPS) is 10.7. The quantitative estimate of drug-likeness (QED) is 0.674. The van der Waals surface area contributed by atoms with Gasteiger partial charge in [0.2, 0.25) is 0 Å². The summed E-state index contributed by atoms with van der Waals surface area (Å²) in [5.41, 5.74) is 2.03. The second kappa shape index (κ2) is 2.88. The standard InChI is InChI=1S/C6H5F3N2O/c7-2-1-11-6(12)3(4(2)10)5(8)9/h1,5H,(H3,10,11,12). The lowest BCUT2D eigenvalue weighted by atomic mass is 10.2. The van der Waals surface area contributed by atoms with Gasteiger partial charge in [-0.15, -0.1) is 0 Å². The maximum atomic E-state index is 12.5. The molecule has 0 atom stereocenters. The van der Waals surface area contributed by atoms with Crippen LogP contribution < -0.4 is 11.3 Å². The van der Waals surface area contributed by atoms with E-state index in [2.05, 4.69) is 0 Å². The van der Waals surface area contributed by atoms with Crippen molar-refractivity contribution in [3.63, 3.8) is 0 Å². The van der Waals surface area contributed by atoms with Crippen LogP contribution in [-0.2, 0) is 0 Å². The number of hydrogen-bond acceptors (Lipinski definition) is 2. The van der Waals surface area contributed by atoms with Crippen LogP contribution in [0.1, 0.15) is 12.0 Å². The van der Waals surface area contributed by atoms with Crippen LogP contribution in [0.15, 0.2) is 11.0 Å². The first-order valence-electron chi connectivity index (χ1n) is 2.98. The molecule has 0 radical (unpaired) electrons. The molecule has 1 aromatic heterocycles. The Balaban J connectivity index is 3.43. The van der Waals surface area contributed by atoms with Gasteiger partial charge < -0.3 is 10.7 Å². The number of nitrogens with one attached hydrogen (secondary N) is 1. The molecule has 0 aliphatic heterocycles. The average Bonchev–Trinajstić information content (AvgIpc) is 1.97. The number of halogens is 3. The van der Waals surface area contributed by atoms with Gasteiger partial charge in [0.05, 0.1) is 5.69 Å². The fraction of sp³-hybridized carbons (Fsp3) is 0.167. The van der Waals surface area contributed by atoms with Gasteiger partial charge in [-0.3, -0.25) is 4.79 Å². The molecule has 12 heavy (non-hydrogen) atoms. The van der Waals surface area contributed by atoms with Crippen LogP contribution in [0.4, 0.5) is 18.9 Å². The number of H-pyrrole nitrogens is 1. The molecule has 6 heteroatoms. The minimum absolute atomic E-state index is 0.642. The van der Waals surface area contributed by atoms with Crippen molar-refractivity contribution in [1.82, 2.24) is 4.98 Å². The molecule has 3 N–H and O–H groups in total. The SMILES string of the molecule is Nc1c(F)c[nH]c(=O)c1C(F)F. The summed E-state index contributed by atoms with van der Waals surface area (Å²) in [6.45, 7) is 0. The number of hydrogen-bond donors (Lipinski definition) is 2. The van der Waals surface area contributed by atoms with Crippen LogP contribution in [0.3, 0.4) is 0 Å². The predicted octanol–water partition coefficient (Wildman–Crippen LogP) is 1.03. The third-order valence-electron chi connectivity index (χ3n) is 1.34. The summed E-state index contributed by atoms with van der Waals surface area (Å²) in [6.07, 6.45) is -2.42. The van der Waals surface area contributed by atoms with Crippen molar-refractivity contribution >= 4 is 5.69 Å². The van der Waals surface area contributed by atoms with Crippen LogP contribution >= 0.6 is 0 Å². The molecule has 0 saturated carbocycles. The van der Waals surface area contributed by atoms with Crippen LogP contribution in [0.2, 0.25) is 0 Å². The van der Waals surface area contributed by atoms with E-state index in [9.17, 15) is 18.0 Å².